The first-order valence-electron chi connectivity index (χ1n) is 4.55. The van der Waals surface area contributed by atoms with Crippen LogP contribution in [-0.4, -0.2) is 25.2 Å². The minimum Gasteiger partial charge on any atom is -0.494 e. The second-order valence-corrected chi connectivity index (χ2v) is 3.15. The molecule has 4 nitrogen and oxygen atoms in total. The monoisotopic (exact) mass is 249 g/mol. The van der Waals surface area contributed by atoms with Gasteiger partial charge in [-0.25, -0.2) is 4.98 Å². The van der Waals surface area contributed by atoms with Gasteiger partial charge < -0.3 is 9.47 Å². The van der Waals surface area contributed by atoms with Crippen molar-refractivity contribution in [1.29, 1.82) is 0 Å². The Bertz CT molecular complexity index is 418. The number of carbonyl (C=O) groups is 1. The van der Waals surface area contributed by atoms with E-state index >= 15 is 0 Å². The average Bonchev–Trinajstić information content (AvgIpc) is 2.27. The van der Waals surface area contributed by atoms with Crippen LogP contribution >= 0.6 is 0 Å². The lowest BCUT2D eigenvalue weighted by Crippen LogP contribution is -2.12. The van der Waals surface area contributed by atoms with Gasteiger partial charge in [0.1, 0.15) is 5.75 Å². The maximum Gasteiger partial charge on any atom is 0.437 e. The second kappa shape index (κ2) is 5.03. The van der Waals surface area contributed by atoms with Crippen molar-refractivity contribution in [1.82, 2.24) is 4.98 Å². The molecule has 0 aliphatic heterocycles. The summed E-state index contributed by atoms with van der Waals surface area (Å²) in [5.41, 5.74) is -0.824. The number of alkyl halides is 3. The first-order valence-corrected chi connectivity index (χ1v) is 4.55. The number of carbonyl (C=O) groups excluding carboxylic acids is 1. The fourth-order valence-corrected chi connectivity index (χ4v) is 1.19. The van der Waals surface area contributed by atoms with E-state index < -0.39 is 23.6 Å². The largest absolute Gasteiger partial charge is 0.494 e. The lowest BCUT2D eigenvalue weighted by molar-refractivity contribution is -0.142. The zero-order chi connectivity index (χ0) is 13.1. The van der Waals surface area contributed by atoms with E-state index in [0.29, 0.717) is 5.56 Å². The molecule has 0 aromatic carbocycles. The molecule has 0 aliphatic carbocycles. The van der Waals surface area contributed by atoms with Crippen molar-refractivity contribution in [3.8, 4) is 5.75 Å². The van der Waals surface area contributed by atoms with Gasteiger partial charge in [0, 0.05) is 6.20 Å². The summed E-state index contributed by atoms with van der Waals surface area (Å²) in [5, 5.41) is 0. The fraction of sp³-hybridized carbons (Fsp3) is 0.400. The van der Waals surface area contributed by atoms with E-state index in [1.807, 2.05) is 0 Å². The second-order valence-electron chi connectivity index (χ2n) is 3.15. The molecule has 0 fully saturated rings. The Kier molecular flexibility index (Phi) is 3.93. The number of aromatic nitrogens is 1. The summed E-state index contributed by atoms with van der Waals surface area (Å²) in [4.78, 5) is 14.2. The topological polar surface area (TPSA) is 48.4 Å². The summed E-state index contributed by atoms with van der Waals surface area (Å²) in [6, 6.07) is 1.12. The highest BCUT2D eigenvalue weighted by Crippen LogP contribution is 2.34. The lowest BCUT2D eigenvalue weighted by atomic mass is 10.2. The van der Waals surface area contributed by atoms with Gasteiger partial charge in [-0.05, 0) is 11.6 Å². The third kappa shape index (κ3) is 3.33. The smallest absolute Gasteiger partial charge is 0.437 e. The van der Waals surface area contributed by atoms with Crippen molar-refractivity contribution < 1.29 is 27.4 Å². The van der Waals surface area contributed by atoms with Gasteiger partial charge in [0.05, 0.1) is 20.6 Å². The standard InChI is InChI=1S/C10H10F3NO3/c1-16-7-3-6(4-8(15)17-2)5-14-9(7)10(11,12)13/h3,5H,4H2,1-2H3. The van der Waals surface area contributed by atoms with Gasteiger partial charge in [0.15, 0.2) is 5.69 Å². The van der Waals surface area contributed by atoms with Crippen LogP contribution in [0.15, 0.2) is 12.3 Å². The van der Waals surface area contributed by atoms with Gasteiger partial charge in [-0.1, -0.05) is 0 Å². The molecule has 0 N–H and O–H groups in total. The predicted molar refractivity (Wildman–Crippen MR) is 51.5 cm³/mol. The van der Waals surface area contributed by atoms with Gasteiger partial charge in [-0.2, -0.15) is 13.2 Å². The van der Waals surface area contributed by atoms with Crippen LogP contribution in [0.5, 0.6) is 5.75 Å². The highest BCUT2D eigenvalue weighted by Gasteiger charge is 2.36. The predicted octanol–water partition coefficient (Wildman–Crippen LogP) is 1.82. The Morgan fingerprint density at radius 1 is 1.41 bits per heavy atom. The number of esters is 1. The van der Waals surface area contributed by atoms with E-state index in [0.717, 1.165) is 19.4 Å². The maximum atomic E-state index is 12.5. The zero-order valence-corrected chi connectivity index (χ0v) is 9.17. The van der Waals surface area contributed by atoms with E-state index in [4.69, 9.17) is 0 Å². The van der Waals surface area contributed by atoms with E-state index in [9.17, 15) is 18.0 Å². The molecule has 0 amide bonds. The van der Waals surface area contributed by atoms with Crippen molar-refractivity contribution in [3.05, 3.63) is 23.5 Å². The van der Waals surface area contributed by atoms with E-state index in [1.54, 1.807) is 0 Å². The quantitative estimate of drug-likeness (QED) is 0.767. The minimum absolute atomic E-state index is 0.155. The molecule has 0 saturated heterocycles. The van der Waals surface area contributed by atoms with Crippen molar-refractivity contribution >= 4 is 5.97 Å². The van der Waals surface area contributed by atoms with Crippen LogP contribution in [0.25, 0.3) is 0 Å². The maximum absolute atomic E-state index is 12.5. The number of pyridine rings is 1. The van der Waals surface area contributed by atoms with E-state index in [1.165, 1.54) is 7.11 Å². The average molecular weight is 249 g/mol. The molecule has 0 bridgehead atoms. The number of methoxy groups -OCH3 is 2. The molecule has 1 aromatic rings. The number of ether oxygens (including phenoxy) is 2. The van der Waals surface area contributed by atoms with Crippen molar-refractivity contribution in [2.45, 2.75) is 12.6 Å². The number of rotatable bonds is 3. The van der Waals surface area contributed by atoms with Crippen LogP contribution < -0.4 is 4.74 Å². The van der Waals surface area contributed by atoms with Gasteiger partial charge in [-0.15, -0.1) is 0 Å². The van der Waals surface area contributed by atoms with E-state index in [-0.39, 0.29) is 6.42 Å². The Balaban J connectivity index is 3.05. The first kappa shape index (κ1) is 13.3. The number of nitrogens with zero attached hydrogens (tertiary/aromatic N) is 1. The molecular weight excluding hydrogens is 239 g/mol. The highest BCUT2D eigenvalue weighted by atomic mass is 19.4. The molecule has 1 aromatic heterocycles. The molecule has 0 spiro atoms. The molecular formula is C10H10F3NO3. The first-order chi connectivity index (χ1) is 7.88. The van der Waals surface area contributed by atoms with Gasteiger partial charge in [0.25, 0.3) is 0 Å². The summed E-state index contributed by atoms with van der Waals surface area (Å²) in [7, 11) is 2.30. The minimum atomic E-state index is -4.59. The van der Waals surface area contributed by atoms with Crippen LogP contribution in [0.2, 0.25) is 0 Å². The SMILES string of the molecule is COC(=O)Cc1cnc(C(F)(F)F)c(OC)c1. The third-order valence-electron chi connectivity index (χ3n) is 1.97. The molecule has 0 atom stereocenters. The molecule has 7 heteroatoms. The van der Waals surface area contributed by atoms with Crippen molar-refractivity contribution in [2.24, 2.45) is 0 Å². The molecule has 0 saturated carbocycles. The lowest BCUT2D eigenvalue weighted by Gasteiger charge is -2.11. The molecule has 0 unspecified atom stereocenters. The van der Waals surface area contributed by atoms with Crippen LogP contribution in [-0.2, 0) is 22.1 Å². The molecule has 0 radical (unpaired) electrons. The summed E-state index contributed by atoms with van der Waals surface area (Å²) < 4.78 is 46.4. The zero-order valence-electron chi connectivity index (χ0n) is 9.17. The molecule has 94 valence electrons. The number of halogens is 3. The summed E-state index contributed by atoms with van der Waals surface area (Å²) in [5.74, 6) is -0.979. The number of hydrogen-bond donors (Lipinski definition) is 0. The molecule has 17 heavy (non-hydrogen) atoms. The van der Waals surface area contributed by atoms with Crippen LogP contribution in [0.1, 0.15) is 11.3 Å². The Labute approximate surface area is 95.4 Å². The summed E-state index contributed by atoms with van der Waals surface area (Å²) >= 11 is 0. The van der Waals surface area contributed by atoms with Crippen LogP contribution in [0.4, 0.5) is 13.2 Å². The number of hydrogen-bond acceptors (Lipinski definition) is 4. The molecule has 1 rings (SSSR count). The Morgan fingerprint density at radius 2 is 2.06 bits per heavy atom. The molecule has 1 heterocycles. The Hall–Kier alpha value is -1.79. The Morgan fingerprint density at radius 3 is 2.53 bits per heavy atom. The summed E-state index contributed by atoms with van der Waals surface area (Å²) in [6.07, 6.45) is -3.77. The highest BCUT2D eigenvalue weighted by molar-refractivity contribution is 5.72. The third-order valence-corrected chi connectivity index (χ3v) is 1.97. The van der Waals surface area contributed by atoms with Gasteiger partial charge in [0.2, 0.25) is 0 Å². The van der Waals surface area contributed by atoms with E-state index in [2.05, 4.69) is 14.5 Å². The van der Waals surface area contributed by atoms with Crippen LogP contribution in [0, 0.1) is 0 Å². The van der Waals surface area contributed by atoms with Crippen molar-refractivity contribution in [3.63, 3.8) is 0 Å². The summed E-state index contributed by atoms with van der Waals surface area (Å²) in [6.45, 7) is 0. The van der Waals surface area contributed by atoms with Crippen LogP contribution in [0.3, 0.4) is 0 Å². The normalized spacial score (nSPS) is 11.1. The fourth-order valence-electron chi connectivity index (χ4n) is 1.19. The van der Waals surface area contributed by atoms with Gasteiger partial charge in [-0.3, -0.25) is 4.79 Å². The molecule has 0 aliphatic rings. The van der Waals surface area contributed by atoms with Gasteiger partial charge >= 0.3 is 12.1 Å². The van der Waals surface area contributed by atoms with Crippen molar-refractivity contribution in [2.75, 3.05) is 14.2 Å².